The minimum atomic E-state index is -0.642. The summed E-state index contributed by atoms with van der Waals surface area (Å²) in [5.41, 5.74) is 1.59. The molecule has 2 aromatic carbocycles. The third kappa shape index (κ3) is 5.55. The van der Waals surface area contributed by atoms with Gasteiger partial charge in [0.1, 0.15) is 17.9 Å². The Morgan fingerprint density at radius 3 is 2.61 bits per heavy atom. The second-order valence-corrected chi connectivity index (χ2v) is 7.27. The van der Waals surface area contributed by atoms with Crippen LogP contribution in [-0.2, 0) is 16.1 Å². The average molecular weight is 417 g/mol. The minimum absolute atomic E-state index is 0.242. The van der Waals surface area contributed by atoms with E-state index in [2.05, 4.69) is 10.3 Å². The number of esters is 1. The summed E-state index contributed by atoms with van der Waals surface area (Å²) < 4.78 is 10.8. The first-order valence-electron chi connectivity index (χ1n) is 8.36. The number of hydrogen-bond acceptors (Lipinski definition) is 6. The Balaban J connectivity index is 1.56. The van der Waals surface area contributed by atoms with Crippen LogP contribution in [0.3, 0.4) is 0 Å². The van der Waals surface area contributed by atoms with E-state index in [0.29, 0.717) is 16.5 Å². The lowest BCUT2D eigenvalue weighted by Gasteiger charge is -2.11. The monoisotopic (exact) mass is 416 g/mol. The van der Waals surface area contributed by atoms with E-state index >= 15 is 0 Å². The lowest BCUT2D eigenvalue weighted by Crippen LogP contribution is -2.21. The molecule has 0 saturated heterocycles. The number of aryl methyl sites for hydroxylation is 1. The molecule has 144 valence electrons. The van der Waals surface area contributed by atoms with Crippen molar-refractivity contribution in [1.29, 1.82) is 0 Å². The van der Waals surface area contributed by atoms with Gasteiger partial charge in [-0.2, -0.15) is 0 Å². The third-order valence-corrected chi connectivity index (χ3v) is 4.69. The summed E-state index contributed by atoms with van der Waals surface area (Å²) in [5, 5.41) is 6.03. The van der Waals surface area contributed by atoms with Gasteiger partial charge in [0.15, 0.2) is 6.61 Å². The molecule has 0 aliphatic carbocycles. The van der Waals surface area contributed by atoms with Crippen LogP contribution in [0.1, 0.15) is 21.1 Å². The first-order valence-corrected chi connectivity index (χ1v) is 9.62. The second-order valence-electron chi connectivity index (χ2n) is 5.77. The third-order valence-electron chi connectivity index (χ3n) is 3.61. The number of para-hydroxylation sites is 1. The number of amides is 1. The molecular formula is C20H17ClN2O4S. The van der Waals surface area contributed by atoms with Crippen molar-refractivity contribution in [2.45, 2.75) is 13.5 Å². The van der Waals surface area contributed by atoms with E-state index < -0.39 is 18.5 Å². The standard InChI is InChI=1S/C20H17ClN2O4S/c1-13-22-16(12-28-13)10-26-18-5-3-2-4-17(18)20(25)27-11-19(24)23-15-8-6-14(21)7-9-15/h2-9,12H,10-11H2,1H3,(H,23,24). The molecule has 3 aromatic rings. The Morgan fingerprint density at radius 2 is 1.89 bits per heavy atom. The Morgan fingerprint density at radius 1 is 1.14 bits per heavy atom. The number of aromatic nitrogens is 1. The van der Waals surface area contributed by atoms with Gasteiger partial charge in [0.2, 0.25) is 0 Å². The highest BCUT2D eigenvalue weighted by molar-refractivity contribution is 7.09. The number of hydrogen-bond donors (Lipinski definition) is 1. The molecule has 0 aliphatic heterocycles. The largest absolute Gasteiger partial charge is 0.486 e. The fourth-order valence-electron chi connectivity index (χ4n) is 2.33. The molecule has 0 radical (unpaired) electrons. The van der Waals surface area contributed by atoms with Gasteiger partial charge in [-0.25, -0.2) is 9.78 Å². The molecular weight excluding hydrogens is 400 g/mol. The SMILES string of the molecule is Cc1nc(COc2ccccc2C(=O)OCC(=O)Nc2ccc(Cl)cc2)cs1. The fraction of sp³-hybridized carbons (Fsp3) is 0.150. The van der Waals surface area contributed by atoms with Gasteiger partial charge in [-0.15, -0.1) is 11.3 Å². The number of nitrogens with zero attached hydrogens (tertiary/aromatic N) is 1. The predicted octanol–water partition coefficient (Wildman–Crippen LogP) is 4.48. The van der Waals surface area contributed by atoms with Crippen LogP contribution in [-0.4, -0.2) is 23.5 Å². The van der Waals surface area contributed by atoms with Crippen LogP contribution in [0.2, 0.25) is 5.02 Å². The summed E-state index contributed by atoms with van der Waals surface area (Å²) in [6.45, 7) is 1.74. The maximum Gasteiger partial charge on any atom is 0.342 e. The van der Waals surface area contributed by atoms with Gasteiger partial charge in [0.05, 0.1) is 10.7 Å². The maximum absolute atomic E-state index is 12.4. The van der Waals surface area contributed by atoms with Gasteiger partial charge in [0.25, 0.3) is 5.91 Å². The molecule has 0 atom stereocenters. The lowest BCUT2D eigenvalue weighted by molar-refractivity contribution is -0.119. The molecule has 0 saturated carbocycles. The van der Waals surface area contributed by atoms with Crippen molar-refractivity contribution in [3.8, 4) is 5.75 Å². The molecule has 3 rings (SSSR count). The number of nitrogens with one attached hydrogen (secondary N) is 1. The molecule has 0 aliphatic rings. The number of anilines is 1. The number of ether oxygens (including phenoxy) is 2. The molecule has 28 heavy (non-hydrogen) atoms. The molecule has 0 spiro atoms. The van der Waals surface area contributed by atoms with Crippen LogP contribution >= 0.6 is 22.9 Å². The van der Waals surface area contributed by atoms with Crippen molar-refractivity contribution in [3.63, 3.8) is 0 Å². The van der Waals surface area contributed by atoms with E-state index in [9.17, 15) is 9.59 Å². The molecule has 0 unspecified atom stereocenters. The first kappa shape index (κ1) is 19.9. The summed E-state index contributed by atoms with van der Waals surface area (Å²) >= 11 is 7.33. The van der Waals surface area contributed by atoms with Crippen LogP contribution in [0, 0.1) is 6.92 Å². The molecule has 8 heteroatoms. The van der Waals surface area contributed by atoms with Crippen molar-refractivity contribution < 1.29 is 19.1 Å². The molecule has 0 bridgehead atoms. The van der Waals surface area contributed by atoms with Gasteiger partial charge in [-0.05, 0) is 43.3 Å². The quantitative estimate of drug-likeness (QED) is 0.574. The highest BCUT2D eigenvalue weighted by atomic mass is 35.5. The average Bonchev–Trinajstić information content (AvgIpc) is 3.12. The van der Waals surface area contributed by atoms with E-state index in [4.69, 9.17) is 21.1 Å². The molecule has 1 N–H and O–H groups in total. The molecule has 1 heterocycles. The highest BCUT2D eigenvalue weighted by Crippen LogP contribution is 2.21. The van der Waals surface area contributed by atoms with Crippen LogP contribution < -0.4 is 10.1 Å². The van der Waals surface area contributed by atoms with E-state index in [-0.39, 0.29) is 12.2 Å². The minimum Gasteiger partial charge on any atom is -0.486 e. The fourth-order valence-corrected chi connectivity index (χ4v) is 3.05. The number of carbonyl (C=O) groups is 2. The molecule has 0 fully saturated rings. The zero-order chi connectivity index (χ0) is 19.9. The van der Waals surface area contributed by atoms with E-state index in [1.165, 1.54) is 11.3 Å². The molecule has 6 nitrogen and oxygen atoms in total. The van der Waals surface area contributed by atoms with E-state index in [0.717, 1.165) is 10.7 Å². The van der Waals surface area contributed by atoms with Crippen molar-refractivity contribution in [1.82, 2.24) is 4.98 Å². The Bertz CT molecular complexity index is 972. The van der Waals surface area contributed by atoms with Crippen molar-refractivity contribution >= 4 is 40.5 Å². The number of halogens is 1. The zero-order valence-electron chi connectivity index (χ0n) is 15.0. The Hall–Kier alpha value is -2.90. The summed E-state index contributed by atoms with van der Waals surface area (Å²) in [5.74, 6) is -0.723. The van der Waals surface area contributed by atoms with Crippen molar-refractivity contribution in [3.05, 3.63) is 75.2 Å². The van der Waals surface area contributed by atoms with Gasteiger partial charge in [0, 0.05) is 16.1 Å². The zero-order valence-corrected chi connectivity index (χ0v) is 16.5. The summed E-state index contributed by atoms with van der Waals surface area (Å²) in [7, 11) is 0. The second kappa shape index (κ2) is 9.34. The van der Waals surface area contributed by atoms with Crippen molar-refractivity contribution in [2.75, 3.05) is 11.9 Å². The van der Waals surface area contributed by atoms with Gasteiger partial charge in [-0.1, -0.05) is 23.7 Å². The first-order chi connectivity index (χ1) is 13.5. The van der Waals surface area contributed by atoms with E-state index in [1.54, 1.807) is 48.5 Å². The molecule has 1 aromatic heterocycles. The summed E-state index contributed by atoms with van der Waals surface area (Å²) in [6.07, 6.45) is 0. The topological polar surface area (TPSA) is 77.5 Å². The summed E-state index contributed by atoms with van der Waals surface area (Å²) in [6, 6.07) is 13.3. The van der Waals surface area contributed by atoms with Crippen LogP contribution in [0.4, 0.5) is 5.69 Å². The van der Waals surface area contributed by atoms with Crippen molar-refractivity contribution in [2.24, 2.45) is 0 Å². The Labute approximate surface area is 171 Å². The van der Waals surface area contributed by atoms with Gasteiger partial charge < -0.3 is 14.8 Å². The highest BCUT2D eigenvalue weighted by Gasteiger charge is 2.16. The normalized spacial score (nSPS) is 10.4. The van der Waals surface area contributed by atoms with Gasteiger partial charge >= 0.3 is 5.97 Å². The predicted molar refractivity (Wildman–Crippen MR) is 108 cm³/mol. The number of benzene rings is 2. The van der Waals surface area contributed by atoms with E-state index in [1.807, 2.05) is 12.3 Å². The number of rotatable bonds is 7. The molecule has 1 amide bonds. The summed E-state index contributed by atoms with van der Waals surface area (Å²) in [4.78, 5) is 28.7. The Kier molecular flexibility index (Phi) is 6.62. The number of thiazole rings is 1. The maximum atomic E-state index is 12.4. The smallest absolute Gasteiger partial charge is 0.342 e. The van der Waals surface area contributed by atoms with Gasteiger partial charge in [-0.3, -0.25) is 4.79 Å². The van der Waals surface area contributed by atoms with Crippen LogP contribution in [0.5, 0.6) is 5.75 Å². The van der Waals surface area contributed by atoms with Crippen LogP contribution in [0.15, 0.2) is 53.9 Å². The lowest BCUT2D eigenvalue weighted by atomic mass is 10.2. The number of carbonyl (C=O) groups excluding carboxylic acids is 2. The van der Waals surface area contributed by atoms with Crippen LogP contribution in [0.25, 0.3) is 0 Å².